The molecule has 7 heteroatoms. The Bertz CT molecular complexity index is 447. The van der Waals surface area contributed by atoms with E-state index in [1.54, 1.807) is 6.92 Å². The van der Waals surface area contributed by atoms with Crippen LogP contribution in [0.3, 0.4) is 0 Å². The van der Waals surface area contributed by atoms with Crippen LogP contribution in [-0.2, 0) is 0 Å². The number of carbonyl (C=O) groups is 1. The van der Waals surface area contributed by atoms with Crippen LogP contribution in [0, 0.1) is 10.1 Å². The van der Waals surface area contributed by atoms with Crippen LogP contribution < -0.4 is 4.74 Å². The second kappa shape index (κ2) is 5.14. The van der Waals surface area contributed by atoms with Crippen LogP contribution in [0.2, 0.25) is 5.02 Å². The molecular formula is C9H7Cl2NO4. The van der Waals surface area contributed by atoms with Gasteiger partial charge in [-0.3, -0.25) is 14.9 Å². The highest BCUT2D eigenvalue weighted by atomic mass is 35.5. The summed E-state index contributed by atoms with van der Waals surface area (Å²) >= 11 is 11.0. The topological polar surface area (TPSA) is 69.4 Å². The van der Waals surface area contributed by atoms with E-state index in [9.17, 15) is 14.9 Å². The molecule has 86 valence electrons. The number of hydrogen-bond acceptors (Lipinski definition) is 4. The number of hydrogen-bond donors (Lipinski definition) is 0. The molecule has 0 N–H and O–H groups in total. The molecule has 16 heavy (non-hydrogen) atoms. The van der Waals surface area contributed by atoms with Crippen molar-refractivity contribution in [2.24, 2.45) is 0 Å². The Morgan fingerprint density at radius 1 is 1.56 bits per heavy atom. The highest BCUT2D eigenvalue weighted by molar-refractivity contribution is 6.68. The number of nitrogens with zero attached hydrogens (tertiary/aromatic N) is 1. The summed E-state index contributed by atoms with van der Waals surface area (Å²) < 4.78 is 5.03. The number of rotatable bonds is 4. The maximum absolute atomic E-state index is 10.9. The van der Waals surface area contributed by atoms with E-state index in [1.807, 2.05) is 0 Å². The van der Waals surface area contributed by atoms with Gasteiger partial charge in [-0.25, -0.2) is 0 Å². The molecule has 0 heterocycles. The maximum Gasteiger partial charge on any atom is 0.311 e. The molecule has 5 nitrogen and oxygen atoms in total. The molecule has 0 radical (unpaired) electrons. The SMILES string of the molecule is CCOc1cc(Cl)c(C(=O)Cl)cc1[N+](=O)[O-]. The summed E-state index contributed by atoms with van der Waals surface area (Å²) in [6.45, 7) is 1.93. The number of halogens is 2. The summed E-state index contributed by atoms with van der Waals surface area (Å²) in [5.41, 5.74) is -0.450. The van der Waals surface area contributed by atoms with E-state index in [0.29, 0.717) is 0 Å². The first-order chi connectivity index (χ1) is 7.47. The third-order valence-corrected chi connectivity index (χ3v) is 2.27. The number of ether oxygens (including phenoxy) is 1. The van der Waals surface area contributed by atoms with Crippen molar-refractivity contribution >= 4 is 34.1 Å². The summed E-state index contributed by atoms with van der Waals surface area (Å²) in [6, 6.07) is 2.21. The van der Waals surface area contributed by atoms with Crippen LogP contribution in [0.4, 0.5) is 5.69 Å². The van der Waals surface area contributed by atoms with Crippen LogP contribution in [-0.4, -0.2) is 16.8 Å². The van der Waals surface area contributed by atoms with E-state index in [-0.39, 0.29) is 28.6 Å². The first-order valence-corrected chi connectivity index (χ1v) is 5.03. The summed E-state index contributed by atoms with van der Waals surface area (Å²) in [5, 5.41) is 9.88. The zero-order chi connectivity index (χ0) is 12.3. The molecule has 0 amide bonds. The fourth-order valence-corrected chi connectivity index (χ4v) is 1.55. The van der Waals surface area contributed by atoms with Crippen molar-refractivity contribution < 1.29 is 14.5 Å². The van der Waals surface area contributed by atoms with Gasteiger partial charge in [-0.2, -0.15) is 0 Å². The molecule has 0 aliphatic rings. The van der Waals surface area contributed by atoms with Gasteiger partial charge in [-0.15, -0.1) is 0 Å². The average molecular weight is 264 g/mol. The third kappa shape index (κ3) is 2.62. The maximum atomic E-state index is 10.9. The highest BCUT2D eigenvalue weighted by Crippen LogP contribution is 2.33. The van der Waals surface area contributed by atoms with Crippen molar-refractivity contribution in [3.63, 3.8) is 0 Å². The average Bonchev–Trinajstić information content (AvgIpc) is 2.17. The summed E-state index contributed by atoms with van der Waals surface area (Å²) in [7, 11) is 0. The Kier molecular flexibility index (Phi) is 4.09. The molecule has 0 fully saturated rings. The molecule has 0 spiro atoms. The van der Waals surface area contributed by atoms with Crippen molar-refractivity contribution in [1.29, 1.82) is 0 Å². The van der Waals surface area contributed by atoms with E-state index < -0.39 is 10.2 Å². The molecule has 0 aliphatic heterocycles. The zero-order valence-corrected chi connectivity index (χ0v) is 9.71. The van der Waals surface area contributed by atoms with Crippen molar-refractivity contribution in [3.8, 4) is 5.75 Å². The Labute approximate surface area is 101 Å². The van der Waals surface area contributed by atoms with Gasteiger partial charge in [-0.1, -0.05) is 11.6 Å². The van der Waals surface area contributed by atoms with E-state index in [4.69, 9.17) is 27.9 Å². The molecule has 0 saturated heterocycles. The van der Waals surface area contributed by atoms with Crippen molar-refractivity contribution in [3.05, 3.63) is 32.8 Å². The van der Waals surface area contributed by atoms with Crippen molar-refractivity contribution in [1.82, 2.24) is 0 Å². The van der Waals surface area contributed by atoms with E-state index in [0.717, 1.165) is 6.07 Å². The van der Waals surface area contributed by atoms with Gasteiger partial charge in [0.2, 0.25) is 0 Å². The van der Waals surface area contributed by atoms with Gasteiger partial charge in [0.1, 0.15) is 0 Å². The van der Waals surface area contributed by atoms with Gasteiger partial charge in [0, 0.05) is 12.1 Å². The second-order valence-corrected chi connectivity index (χ2v) is 3.51. The van der Waals surface area contributed by atoms with Crippen LogP contribution in [0.5, 0.6) is 5.75 Å². The minimum absolute atomic E-state index is 0.0131. The van der Waals surface area contributed by atoms with Crippen LogP contribution >= 0.6 is 23.2 Å². The third-order valence-electron chi connectivity index (χ3n) is 1.76. The minimum atomic E-state index is -0.851. The lowest BCUT2D eigenvalue weighted by atomic mass is 10.2. The summed E-state index contributed by atoms with van der Waals surface area (Å²) in [6.07, 6.45) is 0. The molecule has 0 atom stereocenters. The number of nitro groups is 1. The van der Waals surface area contributed by atoms with Crippen LogP contribution in [0.1, 0.15) is 17.3 Å². The molecule has 1 aromatic carbocycles. The molecule has 0 aromatic heterocycles. The minimum Gasteiger partial charge on any atom is -0.487 e. The van der Waals surface area contributed by atoms with Gasteiger partial charge in [0.15, 0.2) is 5.75 Å². The van der Waals surface area contributed by atoms with Crippen molar-refractivity contribution in [2.75, 3.05) is 6.61 Å². The molecule has 0 unspecified atom stereocenters. The number of benzene rings is 1. The molecule has 1 aromatic rings. The van der Waals surface area contributed by atoms with Gasteiger partial charge in [0.25, 0.3) is 5.24 Å². The molecule has 1 rings (SSSR count). The Hall–Kier alpha value is -1.33. The standard InChI is InChI=1S/C9H7Cl2NO4/c1-2-16-8-4-6(10)5(9(11)13)3-7(8)12(14)15/h3-4H,2H2,1H3. The quantitative estimate of drug-likeness (QED) is 0.476. The molecule has 0 aliphatic carbocycles. The molecular weight excluding hydrogens is 257 g/mol. The summed E-state index contributed by atoms with van der Waals surface area (Å²) in [5.74, 6) is 0.0131. The Balaban J connectivity index is 3.36. The first kappa shape index (κ1) is 12.7. The van der Waals surface area contributed by atoms with Gasteiger partial charge in [-0.05, 0) is 18.5 Å². The van der Waals surface area contributed by atoms with Crippen molar-refractivity contribution in [2.45, 2.75) is 6.92 Å². The molecule has 0 bridgehead atoms. The van der Waals surface area contributed by atoms with Gasteiger partial charge >= 0.3 is 5.69 Å². The van der Waals surface area contributed by atoms with E-state index in [1.165, 1.54) is 6.07 Å². The monoisotopic (exact) mass is 263 g/mol. The normalized spacial score (nSPS) is 9.94. The number of carbonyl (C=O) groups excluding carboxylic acids is 1. The van der Waals surface area contributed by atoms with Crippen LogP contribution in [0.15, 0.2) is 12.1 Å². The highest BCUT2D eigenvalue weighted by Gasteiger charge is 2.21. The van der Waals surface area contributed by atoms with Gasteiger partial charge in [0.05, 0.1) is 22.1 Å². The van der Waals surface area contributed by atoms with Crippen LogP contribution in [0.25, 0.3) is 0 Å². The Morgan fingerprint density at radius 3 is 2.62 bits per heavy atom. The van der Waals surface area contributed by atoms with E-state index in [2.05, 4.69) is 0 Å². The lowest BCUT2D eigenvalue weighted by Crippen LogP contribution is -2.00. The lowest BCUT2D eigenvalue weighted by molar-refractivity contribution is -0.385. The fourth-order valence-electron chi connectivity index (χ4n) is 1.11. The first-order valence-electron chi connectivity index (χ1n) is 4.28. The zero-order valence-electron chi connectivity index (χ0n) is 8.20. The smallest absolute Gasteiger partial charge is 0.311 e. The van der Waals surface area contributed by atoms with E-state index >= 15 is 0 Å². The predicted octanol–water partition coefficient (Wildman–Crippen LogP) is 3.03. The lowest BCUT2D eigenvalue weighted by Gasteiger charge is -2.06. The predicted molar refractivity (Wildman–Crippen MR) is 59.5 cm³/mol. The Morgan fingerprint density at radius 2 is 2.19 bits per heavy atom. The fraction of sp³-hybridized carbons (Fsp3) is 0.222. The molecule has 0 saturated carbocycles. The van der Waals surface area contributed by atoms with Gasteiger partial charge < -0.3 is 4.74 Å². The summed E-state index contributed by atoms with van der Waals surface area (Å²) in [4.78, 5) is 21.0. The second-order valence-electron chi connectivity index (χ2n) is 2.76. The number of nitro benzene ring substituents is 1. The largest absolute Gasteiger partial charge is 0.487 e.